The Morgan fingerprint density at radius 2 is 2.25 bits per heavy atom. The number of anilines is 1. The Hall–Kier alpha value is -1.69. The van der Waals surface area contributed by atoms with Crippen LogP contribution >= 0.6 is 15.9 Å². The van der Waals surface area contributed by atoms with Gasteiger partial charge in [0.05, 0.1) is 11.8 Å². The molecule has 0 aliphatic rings. The highest BCUT2D eigenvalue weighted by atomic mass is 79.9. The molecule has 5 nitrogen and oxygen atoms in total. The molecule has 0 atom stereocenters. The number of aryl methyl sites for hydroxylation is 1. The first-order valence-corrected chi connectivity index (χ1v) is 5.36. The van der Waals surface area contributed by atoms with Crippen LogP contribution in [-0.4, -0.2) is 20.7 Å². The maximum atomic E-state index is 11.7. The Kier molecular flexibility index (Phi) is 3.00. The molecule has 2 heterocycles. The minimum absolute atomic E-state index is 0.220. The van der Waals surface area contributed by atoms with Gasteiger partial charge in [0, 0.05) is 23.9 Å². The second kappa shape index (κ2) is 4.44. The van der Waals surface area contributed by atoms with E-state index in [9.17, 15) is 4.79 Å². The highest BCUT2D eigenvalue weighted by Gasteiger charge is 2.08. The average molecular weight is 281 g/mol. The SMILES string of the molecule is Cn1cc(C(=O)Nc2ccc(Br)cn2)cn1. The van der Waals surface area contributed by atoms with E-state index in [0.29, 0.717) is 11.4 Å². The van der Waals surface area contributed by atoms with Gasteiger partial charge >= 0.3 is 0 Å². The molecular weight excluding hydrogens is 272 g/mol. The van der Waals surface area contributed by atoms with E-state index in [1.165, 1.54) is 6.20 Å². The molecule has 0 aliphatic heterocycles. The Morgan fingerprint density at radius 1 is 1.44 bits per heavy atom. The van der Waals surface area contributed by atoms with Gasteiger partial charge < -0.3 is 5.32 Å². The fourth-order valence-electron chi connectivity index (χ4n) is 1.18. The highest BCUT2D eigenvalue weighted by molar-refractivity contribution is 9.10. The van der Waals surface area contributed by atoms with Gasteiger partial charge in [0.2, 0.25) is 0 Å². The van der Waals surface area contributed by atoms with Gasteiger partial charge in [-0.1, -0.05) is 0 Å². The molecule has 82 valence electrons. The molecule has 0 saturated heterocycles. The van der Waals surface area contributed by atoms with Crippen LogP contribution in [0.4, 0.5) is 5.82 Å². The van der Waals surface area contributed by atoms with Gasteiger partial charge in [-0.2, -0.15) is 5.10 Å². The summed E-state index contributed by atoms with van der Waals surface area (Å²) in [6.45, 7) is 0. The second-order valence-electron chi connectivity index (χ2n) is 3.22. The van der Waals surface area contributed by atoms with E-state index < -0.39 is 0 Å². The number of nitrogens with zero attached hydrogens (tertiary/aromatic N) is 3. The van der Waals surface area contributed by atoms with Gasteiger partial charge in [0.15, 0.2) is 0 Å². The molecule has 0 aliphatic carbocycles. The van der Waals surface area contributed by atoms with Crippen molar-refractivity contribution in [3.63, 3.8) is 0 Å². The van der Waals surface area contributed by atoms with Crippen molar-refractivity contribution in [1.29, 1.82) is 0 Å². The summed E-state index contributed by atoms with van der Waals surface area (Å²) >= 11 is 3.27. The second-order valence-corrected chi connectivity index (χ2v) is 4.13. The molecule has 0 radical (unpaired) electrons. The molecule has 1 N–H and O–H groups in total. The number of amides is 1. The van der Waals surface area contributed by atoms with Crippen LogP contribution in [0.2, 0.25) is 0 Å². The van der Waals surface area contributed by atoms with Gasteiger partial charge in [-0.05, 0) is 28.1 Å². The van der Waals surface area contributed by atoms with E-state index in [-0.39, 0.29) is 5.91 Å². The Bertz CT molecular complexity index is 506. The summed E-state index contributed by atoms with van der Waals surface area (Å²) in [7, 11) is 1.76. The largest absolute Gasteiger partial charge is 0.306 e. The highest BCUT2D eigenvalue weighted by Crippen LogP contribution is 2.11. The lowest BCUT2D eigenvalue weighted by Crippen LogP contribution is -2.12. The minimum atomic E-state index is -0.220. The van der Waals surface area contributed by atoms with E-state index in [1.54, 1.807) is 30.2 Å². The van der Waals surface area contributed by atoms with Gasteiger partial charge in [0.25, 0.3) is 5.91 Å². The molecule has 0 saturated carbocycles. The number of halogens is 1. The smallest absolute Gasteiger partial charge is 0.260 e. The summed E-state index contributed by atoms with van der Waals surface area (Å²) < 4.78 is 2.44. The van der Waals surface area contributed by atoms with Gasteiger partial charge in [-0.3, -0.25) is 9.48 Å². The topological polar surface area (TPSA) is 59.8 Å². The first-order chi connectivity index (χ1) is 7.65. The van der Waals surface area contributed by atoms with Crippen LogP contribution in [0, 0.1) is 0 Å². The quantitative estimate of drug-likeness (QED) is 0.913. The van der Waals surface area contributed by atoms with E-state index in [4.69, 9.17) is 0 Å². The van der Waals surface area contributed by atoms with E-state index in [2.05, 4.69) is 31.3 Å². The maximum absolute atomic E-state index is 11.7. The van der Waals surface area contributed by atoms with Crippen molar-refractivity contribution >= 4 is 27.7 Å². The third-order valence-corrected chi connectivity index (χ3v) is 2.41. The molecule has 0 spiro atoms. The lowest BCUT2D eigenvalue weighted by molar-refractivity contribution is 0.102. The van der Waals surface area contributed by atoms with Crippen LogP contribution in [0.5, 0.6) is 0 Å². The summed E-state index contributed by atoms with van der Waals surface area (Å²) in [4.78, 5) is 15.7. The van der Waals surface area contributed by atoms with Gasteiger partial charge in [-0.15, -0.1) is 0 Å². The van der Waals surface area contributed by atoms with Crippen molar-refractivity contribution in [3.05, 3.63) is 40.8 Å². The normalized spacial score (nSPS) is 10.1. The Labute approximate surface area is 101 Å². The minimum Gasteiger partial charge on any atom is -0.306 e. The molecule has 0 aromatic carbocycles. The van der Waals surface area contributed by atoms with Crippen LogP contribution in [0.3, 0.4) is 0 Å². The molecule has 2 aromatic rings. The van der Waals surface area contributed by atoms with Crippen molar-refractivity contribution < 1.29 is 4.79 Å². The molecule has 16 heavy (non-hydrogen) atoms. The van der Waals surface area contributed by atoms with Crippen LogP contribution in [0.15, 0.2) is 35.2 Å². The van der Waals surface area contributed by atoms with Crippen molar-refractivity contribution in [2.45, 2.75) is 0 Å². The number of nitrogens with one attached hydrogen (secondary N) is 1. The zero-order valence-corrected chi connectivity index (χ0v) is 10.1. The zero-order chi connectivity index (χ0) is 11.5. The molecule has 6 heteroatoms. The van der Waals surface area contributed by atoms with Crippen LogP contribution in [0.25, 0.3) is 0 Å². The Balaban J connectivity index is 2.10. The number of aromatic nitrogens is 3. The predicted molar refractivity (Wildman–Crippen MR) is 63.1 cm³/mol. The van der Waals surface area contributed by atoms with Gasteiger partial charge in [0.1, 0.15) is 5.82 Å². The van der Waals surface area contributed by atoms with E-state index in [0.717, 1.165) is 4.47 Å². The number of carbonyl (C=O) groups excluding carboxylic acids is 1. The van der Waals surface area contributed by atoms with Gasteiger partial charge in [-0.25, -0.2) is 4.98 Å². The lowest BCUT2D eigenvalue weighted by Gasteiger charge is -2.01. The summed E-state index contributed by atoms with van der Waals surface area (Å²) in [6, 6.07) is 3.53. The van der Waals surface area contributed by atoms with Crippen molar-refractivity contribution in [1.82, 2.24) is 14.8 Å². The summed E-state index contributed by atoms with van der Waals surface area (Å²) in [6.07, 6.45) is 4.78. The zero-order valence-electron chi connectivity index (χ0n) is 8.51. The number of hydrogen-bond acceptors (Lipinski definition) is 3. The molecule has 2 aromatic heterocycles. The van der Waals surface area contributed by atoms with E-state index >= 15 is 0 Å². The van der Waals surface area contributed by atoms with Crippen LogP contribution in [0.1, 0.15) is 10.4 Å². The molecule has 2 rings (SSSR count). The predicted octanol–water partition coefficient (Wildman–Crippen LogP) is 1.83. The molecule has 1 amide bonds. The standard InChI is InChI=1S/C10H9BrN4O/c1-15-6-7(4-13-15)10(16)14-9-3-2-8(11)5-12-9/h2-6H,1H3,(H,12,14,16). The fraction of sp³-hybridized carbons (Fsp3) is 0.100. The van der Waals surface area contributed by atoms with Crippen LogP contribution < -0.4 is 5.32 Å². The number of carbonyl (C=O) groups is 1. The monoisotopic (exact) mass is 280 g/mol. The molecular formula is C10H9BrN4O. The third kappa shape index (κ3) is 2.46. The number of rotatable bonds is 2. The fourth-order valence-corrected chi connectivity index (χ4v) is 1.41. The summed E-state index contributed by atoms with van der Waals surface area (Å²) in [5.74, 6) is 0.292. The van der Waals surface area contributed by atoms with Crippen molar-refractivity contribution in [2.24, 2.45) is 7.05 Å². The van der Waals surface area contributed by atoms with Crippen molar-refractivity contribution in [2.75, 3.05) is 5.32 Å². The number of pyridine rings is 1. The lowest BCUT2D eigenvalue weighted by atomic mass is 10.3. The summed E-state index contributed by atoms with van der Waals surface area (Å²) in [5, 5.41) is 6.60. The molecule has 0 unspecified atom stereocenters. The van der Waals surface area contributed by atoms with Crippen LogP contribution in [-0.2, 0) is 7.05 Å². The molecule has 0 fully saturated rings. The first-order valence-electron chi connectivity index (χ1n) is 4.57. The third-order valence-electron chi connectivity index (χ3n) is 1.94. The molecule has 0 bridgehead atoms. The Morgan fingerprint density at radius 3 is 2.81 bits per heavy atom. The maximum Gasteiger partial charge on any atom is 0.260 e. The van der Waals surface area contributed by atoms with Crippen molar-refractivity contribution in [3.8, 4) is 0 Å². The first kappa shape index (κ1) is 10.8. The average Bonchev–Trinajstić information content (AvgIpc) is 2.68. The van der Waals surface area contributed by atoms with E-state index in [1.807, 2.05) is 6.07 Å². The number of hydrogen-bond donors (Lipinski definition) is 1. The summed E-state index contributed by atoms with van der Waals surface area (Å²) in [5.41, 5.74) is 0.507.